The molecule has 1 fully saturated rings. The number of carbonyl (C=O) groups excluding carboxylic acids is 2. The molecule has 2 N–H and O–H groups in total. The van der Waals surface area contributed by atoms with Crippen LogP contribution in [0.15, 0.2) is 72.3 Å². The van der Waals surface area contributed by atoms with Crippen LogP contribution in [0.5, 0.6) is 17.2 Å². The molecular weight excluding hydrogens is 462 g/mol. The number of aliphatic hydroxyl groups excluding tert-OH is 1. The minimum Gasteiger partial charge on any atom is -0.507 e. The Morgan fingerprint density at radius 3 is 2.31 bits per heavy atom. The fourth-order valence-electron chi connectivity index (χ4n) is 4.35. The van der Waals surface area contributed by atoms with Crippen LogP contribution in [-0.4, -0.2) is 48.1 Å². The molecule has 1 unspecified atom stereocenters. The van der Waals surface area contributed by atoms with Gasteiger partial charge in [-0.25, -0.2) is 4.98 Å². The number of hydrogen-bond donors (Lipinski definition) is 2. The molecule has 3 aromatic carbocycles. The van der Waals surface area contributed by atoms with Gasteiger partial charge in [0.1, 0.15) is 11.5 Å². The van der Waals surface area contributed by atoms with Crippen LogP contribution in [0.1, 0.15) is 17.2 Å². The number of rotatable bonds is 6. The Morgan fingerprint density at radius 1 is 0.917 bits per heavy atom. The van der Waals surface area contributed by atoms with Crippen molar-refractivity contribution in [2.24, 2.45) is 0 Å². The Morgan fingerprint density at radius 2 is 1.64 bits per heavy atom. The monoisotopic (exact) mass is 485 g/mol. The Balaban J connectivity index is 1.73. The normalized spacial score (nSPS) is 17.0. The fraction of sp³-hybridized carbons (Fsp3) is 0.148. The molecule has 0 spiro atoms. The molecule has 182 valence electrons. The van der Waals surface area contributed by atoms with E-state index >= 15 is 0 Å². The van der Waals surface area contributed by atoms with Gasteiger partial charge in [0.05, 0.1) is 44.0 Å². The van der Waals surface area contributed by atoms with Crippen molar-refractivity contribution in [1.82, 2.24) is 9.97 Å². The third-order valence-corrected chi connectivity index (χ3v) is 6.14. The van der Waals surface area contributed by atoms with E-state index in [4.69, 9.17) is 14.2 Å². The third-order valence-electron chi connectivity index (χ3n) is 6.14. The molecule has 0 aliphatic carbocycles. The number of aromatic nitrogens is 2. The summed E-state index contributed by atoms with van der Waals surface area (Å²) in [7, 11) is 4.54. The van der Waals surface area contributed by atoms with Gasteiger partial charge in [-0.2, -0.15) is 0 Å². The standard InChI is InChI=1S/C27H23N3O6/c1-34-17-11-8-15(9-12-17)24(31)22-23(16-10-13-20(35-2)21(14-16)36-3)30(26(33)25(22)32)27-28-18-6-4-5-7-19(18)29-27/h4-14,23,31H,1-3H3,(H,28,29)/b24-22+. The van der Waals surface area contributed by atoms with Gasteiger partial charge in [0.25, 0.3) is 5.78 Å². The maximum atomic E-state index is 13.4. The molecule has 0 saturated carbocycles. The molecule has 1 aliphatic heterocycles. The molecule has 36 heavy (non-hydrogen) atoms. The van der Waals surface area contributed by atoms with Gasteiger partial charge < -0.3 is 24.3 Å². The summed E-state index contributed by atoms with van der Waals surface area (Å²) < 4.78 is 16.0. The van der Waals surface area contributed by atoms with Crippen molar-refractivity contribution >= 4 is 34.4 Å². The van der Waals surface area contributed by atoms with E-state index in [1.807, 2.05) is 18.2 Å². The molecule has 2 heterocycles. The summed E-state index contributed by atoms with van der Waals surface area (Å²) in [6.07, 6.45) is 0. The molecule has 1 saturated heterocycles. The number of carbonyl (C=O) groups is 2. The summed E-state index contributed by atoms with van der Waals surface area (Å²) in [4.78, 5) is 35.7. The second-order valence-electron chi connectivity index (χ2n) is 8.09. The fourth-order valence-corrected chi connectivity index (χ4v) is 4.35. The number of H-pyrrole nitrogens is 1. The number of Topliss-reactive ketones (excluding diaryl/α,β-unsaturated/α-hetero) is 1. The van der Waals surface area contributed by atoms with Crippen LogP contribution >= 0.6 is 0 Å². The number of methoxy groups -OCH3 is 3. The van der Waals surface area contributed by atoms with Crippen molar-refractivity contribution in [1.29, 1.82) is 0 Å². The predicted molar refractivity (Wildman–Crippen MR) is 133 cm³/mol. The van der Waals surface area contributed by atoms with Gasteiger partial charge in [-0.15, -0.1) is 0 Å². The van der Waals surface area contributed by atoms with Crippen LogP contribution in [-0.2, 0) is 9.59 Å². The molecule has 5 rings (SSSR count). The maximum Gasteiger partial charge on any atom is 0.302 e. The summed E-state index contributed by atoms with van der Waals surface area (Å²) in [6, 6.07) is 18.0. The molecule has 9 nitrogen and oxygen atoms in total. The molecular formula is C27H23N3O6. The number of amides is 1. The molecule has 1 aliphatic rings. The first-order valence-corrected chi connectivity index (χ1v) is 11.1. The number of aromatic amines is 1. The smallest absolute Gasteiger partial charge is 0.302 e. The first-order chi connectivity index (χ1) is 17.5. The van der Waals surface area contributed by atoms with Crippen molar-refractivity contribution in [3.8, 4) is 17.2 Å². The number of ether oxygens (including phenoxy) is 3. The summed E-state index contributed by atoms with van der Waals surface area (Å²) >= 11 is 0. The number of ketones is 1. The van der Waals surface area contributed by atoms with E-state index < -0.39 is 17.7 Å². The number of nitrogens with one attached hydrogen (secondary N) is 1. The van der Waals surface area contributed by atoms with E-state index in [1.54, 1.807) is 48.5 Å². The van der Waals surface area contributed by atoms with Gasteiger partial charge in [0, 0.05) is 5.56 Å². The number of nitrogens with zero attached hydrogens (tertiary/aromatic N) is 2. The number of para-hydroxylation sites is 2. The second-order valence-corrected chi connectivity index (χ2v) is 8.09. The molecule has 0 bridgehead atoms. The number of benzene rings is 3. The molecule has 1 aromatic heterocycles. The van der Waals surface area contributed by atoms with Crippen molar-refractivity contribution in [3.63, 3.8) is 0 Å². The van der Waals surface area contributed by atoms with Crippen molar-refractivity contribution in [2.45, 2.75) is 6.04 Å². The number of anilines is 1. The average Bonchev–Trinajstić information content (AvgIpc) is 3.46. The van der Waals surface area contributed by atoms with E-state index in [2.05, 4.69) is 9.97 Å². The molecule has 1 atom stereocenters. The SMILES string of the molecule is COc1ccc(/C(O)=C2\C(=O)C(=O)N(c3nc4ccccc4[nH]3)C2c2ccc(OC)c(OC)c2)cc1. The van der Waals surface area contributed by atoms with Gasteiger partial charge in [-0.1, -0.05) is 18.2 Å². The van der Waals surface area contributed by atoms with Crippen LogP contribution in [0.4, 0.5) is 5.95 Å². The number of aliphatic hydroxyl groups is 1. The van der Waals surface area contributed by atoms with Crippen molar-refractivity contribution in [2.75, 3.05) is 26.2 Å². The van der Waals surface area contributed by atoms with Gasteiger partial charge in [0.2, 0.25) is 5.95 Å². The van der Waals surface area contributed by atoms with E-state index in [0.717, 1.165) is 0 Å². The Hall–Kier alpha value is -4.79. The Bertz CT molecular complexity index is 1470. The largest absolute Gasteiger partial charge is 0.507 e. The topological polar surface area (TPSA) is 114 Å². The number of fused-ring (bicyclic) bond motifs is 1. The van der Waals surface area contributed by atoms with E-state index in [1.165, 1.54) is 26.2 Å². The minimum atomic E-state index is -0.979. The highest BCUT2D eigenvalue weighted by Crippen LogP contribution is 2.43. The number of hydrogen-bond acceptors (Lipinski definition) is 7. The highest BCUT2D eigenvalue weighted by Gasteiger charge is 2.48. The van der Waals surface area contributed by atoms with E-state index in [9.17, 15) is 14.7 Å². The van der Waals surface area contributed by atoms with Crippen LogP contribution in [0.25, 0.3) is 16.8 Å². The van der Waals surface area contributed by atoms with E-state index in [-0.39, 0.29) is 17.3 Å². The van der Waals surface area contributed by atoms with Crippen molar-refractivity contribution < 1.29 is 28.9 Å². The Labute approximate surface area is 206 Å². The average molecular weight is 485 g/mol. The lowest BCUT2D eigenvalue weighted by Gasteiger charge is -2.23. The maximum absolute atomic E-state index is 13.4. The lowest BCUT2D eigenvalue weighted by molar-refractivity contribution is -0.132. The Kier molecular flexibility index (Phi) is 5.81. The summed E-state index contributed by atoms with van der Waals surface area (Å²) in [5.74, 6) is -0.286. The van der Waals surface area contributed by atoms with E-state index in [0.29, 0.717) is 39.4 Å². The quantitative estimate of drug-likeness (QED) is 0.239. The molecule has 1 amide bonds. The minimum absolute atomic E-state index is 0.0714. The van der Waals surface area contributed by atoms with Crippen LogP contribution in [0, 0.1) is 0 Å². The zero-order valence-corrected chi connectivity index (χ0v) is 19.8. The van der Waals surface area contributed by atoms with Crippen molar-refractivity contribution in [3.05, 3.63) is 83.4 Å². The van der Waals surface area contributed by atoms with Crippen LogP contribution in [0.3, 0.4) is 0 Å². The number of imidazole rings is 1. The van der Waals surface area contributed by atoms with Gasteiger partial charge in [0.15, 0.2) is 11.5 Å². The highest BCUT2D eigenvalue weighted by molar-refractivity contribution is 6.51. The lowest BCUT2D eigenvalue weighted by Crippen LogP contribution is -2.30. The summed E-state index contributed by atoms with van der Waals surface area (Å²) in [6.45, 7) is 0. The highest BCUT2D eigenvalue weighted by atomic mass is 16.5. The van der Waals surface area contributed by atoms with Gasteiger partial charge >= 0.3 is 5.91 Å². The first kappa shape index (κ1) is 23.0. The predicted octanol–water partition coefficient (Wildman–Crippen LogP) is 4.22. The zero-order valence-electron chi connectivity index (χ0n) is 19.8. The second kappa shape index (κ2) is 9.10. The zero-order chi connectivity index (χ0) is 25.4. The van der Waals surface area contributed by atoms with Gasteiger partial charge in [-0.05, 0) is 54.1 Å². The molecule has 0 radical (unpaired) electrons. The summed E-state index contributed by atoms with van der Waals surface area (Å²) in [5, 5.41) is 11.3. The summed E-state index contributed by atoms with van der Waals surface area (Å²) in [5.41, 5.74) is 2.16. The third kappa shape index (κ3) is 3.70. The lowest BCUT2D eigenvalue weighted by atomic mass is 9.95. The molecule has 4 aromatic rings. The first-order valence-electron chi connectivity index (χ1n) is 11.1. The van der Waals surface area contributed by atoms with Crippen LogP contribution in [0.2, 0.25) is 0 Å². The molecule has 9 heteroatoms. The van der Waals surface area contributed by atoms with Crippen LogP contribution < -0.4 is 19.1 Å². The van der Waals surface area contributed by atoms with Gasteiger partial charge in [-0.3, -0.25) is 14.5 Å².